The standard InChI is InChI=1S/C30H33BrCl2N2O3/c1-4-20(3)34-30(37)27(17-22-10-7-6-8-11-22)35(18-23-25(32)12-9-13-26(23)33)29(36)19-38-28-15-14-21(5-2)16-24(28)31/h6-16,20,27H,4-5,17-19H2,1-3H3,(H,34,37)/t20-,27+/m0/s1. The fourth-order valence-corrected chi connectivity index (χ4v) is 5.01. The summed E-state index contributed by atoms with van der Waals surface area (Å²) in [6.45, 7) is 5.81. The van der Waals surface area contributed by atoms with Crippen LogP contribution in [0.25, 0.3) is 0 Å². The number of carbonyl (C=O) groups is 2. The second kappa shape index (κ2) is 14.6. The highest BCUT2D eigenvalue weighted by molar-refractivity contribution is 9.10. The molecule has 3 aromatic rings. The lowest BCUT2D eigenvalue weighted by Gasteiger charge is -2.32. The van der Waals surface area contributed by atoms with E-state index in [1.807, 2.05) is 62.4 Å². The van der Waals surface area contributed by atoms with Gasteiger partial charge in [0, 0.05) is 34.6 Å². The minimum absolute atomic E-state index is 0.0501. The van der Waals surface area contributed by atoms with Gasteiger partial charge in [-0.05, 0) is 71.1 Å². The van der Waals surface area contributed by atoms with E-state index in [0.29, 0.717) is 27.8 Å². The number of rotatable bonds is 12. The van der Waals surface area contributed by atoms with Crippen molar-refractivity contribution in [2.24, 2.45) is 0 Å². The maximum absolute atomic E-state index is 13.8. The van der Waals surface area contributed by atoms with Gasteiger partial charge in [0.05, 0.1) is 4.47 Å². The van der Waals surface area contributed by atoms with Crippen LogP contribution in [0.3, 0.4) is 0 Å². The monoisotopic (exact) mass is 618 g/mol. The van der Waals surface area contributed by atoms with E-state index in [-0.39, 0.29) is 31.0 Å². The fourth-order valence-electron chi connectivity index (χ4n) is 3.95. The minimum Gasteiger partial charge on any atom is -0.483 e. The Kier molecular flexibility index (Phi) is 11.5. The maximum atomic E-state index is 13.8. The Morgan fingerprint density at radius 2 is 1.66 bits per heavy atom. The molecule has 0 unspecified atom stereocenters. The van der Waals surface area contributed by atoms with E-state index < -0.39 is 6.04 Å². The van der Waals surface area contributed by atoms with Gasteiger partial charge in [-0.3, -0.25) is 9.59 Å². The lowest BCUT2D eigenvalue weighted by Crippen LogP contribution is -2.53. The predicted octanol–water partition coefficient (Wildman–Crippen LogP) is 7.25. The van der Waals surface area contributed by atoms with Gasteiger partial charge in [0.15, 0.2) is 6.61 Å². The van der Waals surface area contributed by atoms with E-state index in [0.717, 1.165) is 28.4 Å². The van der Waals surface area contributed by atoms with Gasteiger partial charge >= 0.3 is 0 Å². The first-order chi connectivity index (χ1) is 18.2. The highest BCUT2D eigenvalue weighted by Crippen LogP contribution is 2.29. The number of halogens is 3. The van der Waals surface area contributed by atoms with Crippen LogP contribution in [0.15, 0.2) is 71.2 Å². The molecule has 202 valence electrons. The largest absolute Gasteiger partial charge is 0.483 e. The number of nitrogens with one attached hydrogen (secondary N) is 1. The SMILES string of the molecule is CCc1ccc(OCC(=O)N(Cc2c(Cl)cccc2Cl)[C@H](Cc2ccccc2)C(=O)N[C@@H](C)CC)c(Br)c1. The van der Waals surface area contributed by atoms with Crippen molar-refractivity contribution < 1.29 is 14.3 Å². The molecule has 0 saturated carbocycles. The van der Waals surface area contributed by atoms with Crippen molar-refractivity contribution in [2.75, 3.05) is 6.61 Å². The van der Waals surface area contributed by atoms with Crippen LogP contribution in [0.5, 0.6) is 5.75 Å². The molecule has 5 nitrogen and oxygen atoms in total. The first kappa shape index (κ1) is 30.0. The molecule has 1 N–H and O–H groups in total. The summed E-state index contributed by atoms with van der Waals surface area (Å²) in [6, 6.07) is 19.7. The number of hydrogen-bond donors (Lipinski definition) is 1. The number of carbonyl (C=O) groups excluding carboxylic acids is 2. The van der Waals surface area contributed by atoms with Crippen LogP contribution in [0.4, 0.5) is 0 Å². The Morgan fingerprint density at radius 1 is 0.974 bits per heavy atom. The number of hydrogen-bond acceptors (Lipinski definition) is 3. The van der Waals surface area contributed by atoms with Gasteiger partial charge < -0.3 is 15.0 Å². The zero-order chi connectivity index (χ0) is 27.7. The van der Waals surface area contributed by atoms with Crippen LogP contribution >= 0.6 is 39.1 Å². The summed E-state index contributed by atoms with van der Waals surface area (Å²) in [5.41, 5.74) is 2.65. The Bertz CT molecular complexity index is 1220. The van der Waals surface area contributed by atoms with Crippen molar-refractivity contribution in [3.05, 3.63) is 97.9 Å². The van der Waals surface area contributed by atoms with E-state index in [9.17, 15) is 9.59 Å². The molecule has 0 aliphatic heterocycles. The number of ether oxygens (including phenoxy) is 1. The molecule has 0 saturated heterocycles. The average molecular weight is 620 g/mol. The molecule has 0 bridgehead atoms. The van der Waals surface area contributed by atoms with Gasteiger partial charge in [-0.25, -0.2) is 0 Å². The summed E-state index contributed by atoms with van der Waals surface area (Å²) in [6.07, 6.45) is 1.97. The normalized spacial score (nSPS) is 12.5. The maximum Gasteiger partial charge on any atom is 0.261 e. The zero-order valence-electron chi connectivity index (χ0n) is 21.8. The summed E-state index contributed by atoms with van der Waals surface area (Å²) < 4.78 is 6.69. The van der Waals surface area contributed by atoms with Crippen LogP contribution < -0.4 is 10.1 Å². The van der Waals surface area contributed by atoms with E-state index in [1.54, 1.807) is 18.2 Å². The fraction of sp³-hybridized carbons (Fsp3) is 0.333. The van der Waals surface area contributed by atoms with Gasteiger partial charge in [0.1, 0.15) is 11.8 Å². The molecule has 0 spiro atoms. The molecule has 0 aliphatic rings. The summed E-state index contributed by atoms with van der Waals surface area (Å²) in [7, 11) is 0. The van der Waals surface area contributed by atoms with E-state index in [2.05, 4.69) is 28.2 Å². The smallest absolute Gasteiger partial charge is 0.261 e. The number of amides is 2. The quantitative estimate of drug-likeness (QED) is 0.232. The minimum atomic E-state index is -0.805. The molecule has 3 rings (SSSR count). The van der Waals surface area contributed by atoms with Crippen molar-refractivity contribution in [3.8, 4) is 5.75 Å². The van der Waals surface area contributed by atoms with E-state index in [4.69, 9.17) is 27.9 Å². The summed E-state index contributed by atoms with van der Waals surface area (Å²) in [5.74, 6) is -0.0455. The van der Waals surface area contributed by atoms with E-state index >= 15 is 0 Å². The molecule has 38 heavy (non-hydrogen) atoms. The van der Waals surface area contributed by atoms with Crippen molar-refractivity contribution in [3.63, 3.8) is 0 Å². The Balaban J connectivity index is 1.96. The molecule has 0 radical (unpaired) electrons. The second-order valence-corrected chi connectivity index (χ2v) is 10.8. The average Bonchev–Trinajstić information content (AvgIpc) is 2.91. The Morgan fingerprint density at radius 3 is 2.26 bits per heavy atom. The summed E-state index contributed by atoms with van der Waals surface area (Å²) in [5, 5.41) is 3.90. The summed E-state index contributed by atoms with van der Waals surface area (Å²) >= 11 is 16.5. The topological polar surface area (TPSA) is 58.6 Å². The Hall–Kier alpha value is -2.54. The predicted molar refractivity (Wildman–Crippen MR) is 158 cm³/mol. The van der Waals surface area contributed by atoms with Crippen LogP contribution in [-0.4, -0.2) is 35.4 Å². The lowest BCUT2D eigenvalue weighted by atomic mass is 10.0. The van der Waals surface area contributed by atoms with Crippen LogP contribution in [-0.2, 0) is 29.0 Å². The van der Waals surface area contributed by atoms with Crippen molar-refractivity contribution in [1.29, 1.82) is 0 Å². The van der Waals surface area contributed by atoms with Crippen LogP contribution in [0.1, 0.15) is 43.9 Å². The first-order valence-electron chi connectivity index (χ1n) is 12.7. The lowest BCUT2D eigenvalue weighted by molar-refractivity contribution is -0.143. The van der Waals surface area contributed by atoms with Crippen LogP contribution in [0.2, 0.25) is 10.0 Å². The number of benzene rings is 3. The molecule has 3 aromatic carbocycles. The van der Waals surface area contributed by atoms with Crippen molar-refractivity contribution >= 4 is 50.9 Å². The first-order valence-corrected chi connectivity index (χ1v) is 14.3. The third-order valence-electron chi connectivity index (χ3n) is 6.42. The van der Waals surface area contributed by atoms with Gasteiger partial charge in [-0.15, -0.1) is 0 Å². The van der Waals surface area contributed by atoms with Gasteiger partial charge in [-0.2, -0.15) is 0 Å². The molecule has 2 amide bonds. The van der Waals surface area contributed by atoms with Crippen LogP contribution in [0, 0.1) is 0 Å². The Labute approximate surface area is 243 Å². The van der Waals surface area contributed by atoms with Crippen molar-refractivity contribution in [1.82, 2.24) is 10.2 Å². The van der Waals surface area contributed by atoms with E-state index in [1.165, 1.54) is 4.90 Å². The molecular weight excluding hydrogens is 587 g/mol. The number of aryl methyl sites for hydroxylation is 1. The molecule has 0 aliphatic carbocycles. The third-order valence-corrected chi connectivity index (χ3v) is 7.75. The third kappa shape index (κ3) is 8.23. The highest BCUT2D eigenvalue weighted by Gasteiger charge is 2.32. The zero-order valence-corrected chi connectivity index (χ0v) is 24.9. The molecule has 8 heteroatoms. The summed E-state index contributed by atoms with van der Waals surface area (Å²) in [4.78, 5) is 28.9. The van der Waals surface area contributed by atoms with Crippen molar-refractivity contribution in [2.45, 2.75) is 58.7 Å². The molecular formula is C30H33BrCl2N2O3. The number of nitrogens with zero attached hydrogens (tertiary/aromatic N) is 1. The molecule has 0 heterocycles. The molecule has 2 atom stereocenters. The van der Waals surface area contributed by atoms with Gasteiger partial charge in [0.2, 0.25) is 5.91 Å². The molecule has 0 aromatic heterocycles. The second-order valence-electron chi connectivity index (χ2n) is 9.15. The van der Waals surface area contributed by atoms with Gasteiger partial charge in [-0.1, -0.05) is 79.5 Å². The highest BCUT2D eigenvalue weighted by atomic mass is 79.9. The van der Waals surface area contributed by atoms with Gasteiger partial charge in [0.25, 0.3) is 5.91 Å². The molecule has 0 fully saturated rings.